The van der Waals surface area contributed by atoms with Crippen molar-refractivity contribution in [3.8, 4) is 28.3 Å². The van der Waals surface area contributed by atoms with Crippen molar-refractivity contribution in [2.24, 2.45) is 0 Å². The summed E-state index contributed by atoms with van der Waals surface area (Å²) in [5.41, 5.74) is 18.8. The molecular weight excluding hydrogens is 960 g/mol. The van der Waals surface area contributed by atoms with E-state index in [1.807, 2.05) is 6.20 Å². The number of hydrogen-bond acceptors (Lipinski definition) is 1. The molecule has 0 radical (unpaired) electrons. The van der Waals surface area contributed by atoms with Crippen LogP contribution in [0, 0.1) is 17.7 Å². The number of fused-ring (bicyclic) bond motifs is 7. The fraction of sp³-hybridized carbons (Fsp3) is 0.186. The van der Waals surface area contributed by atoms with Crippen LogP contribution in [0.5, 0.6) is 0 Å². The summed E-state index contributed by atoms with van der Waals surface area (Å²) in [6.45, 7) is 18.3. The summed E-state index contributed by atoms with van der Waals surface area (Å²) >= 11 is 2.56. The van der Waals surface area contributed by atoms with Crippen molar-refractivity contribution in [1.82, 2.24) is 18.7 Å². The Kier molecular flexibility index (Phi) is 9.22. The number of aryl methyl sites for hydroxylation is 2. The second-order valence-electron chi connectivity index (χ2n) is 19.8. The zero-order valence-corrected chi connectivity index (χ0v) is 40.0. The molecule has 0 amide bonds. The molecule has 4 nitrogen and oxygen atoms in total. The van der Waals surface area contributed by atoms with Gasteiger partial charge in [0.2, 0.25) is 0 Å². The van der Waals surface area contributed by atoms with Gasteiger partial charge >= 0.3 is 333 Å². The van der Waals surface area contributed by atoms with Gasteiger partial charge in [-0.3, -0.25) is 0 Å². The standard InChI is InChI=1S/C59H52N4.Pt/c1-38-30-54-55(31-39(38)2)62(37-61(54)44-18-10-9-11-19-44)45-33-42(58(6,7)8)32-43(34-45)59(50-23-15-12-20-46(50)47-21-13-16-24-51(47)59)41-26-27-49-48-22-14-17-25-52(48)63(53(49)35-41)56-36-40(28-29-60-56)57(3,4)5;/h9-36H,1-8H3;. The SMILES string of the molecule is Cc1cc2c(cc1C)n(-c1cc(C(C)(C)C)cc(C3(c4ccc5c6ccccc6n(-c6cc(C(C)(C)C)ccn6)c5c4)c4ccccc4-c4ccccc43)c1)[c](=[Pt])n2-c1ccccc1. The van der Waals surface area contributed by atoms with Crippen LogP contribution in [0.25, 0.3) is 61.2 Å². The first-order valence-corrected chi connectivity index (χ1v) is 23.5. The zero-order valence-electron chi connectivity index (χ0n) is 37.8. The van der Waals surface area contributed by atoms with E-state index in [9.17, 15) is 0 Å². The first-order chi connectivity index (χ1) is 30.7. The number of nitrogens with zero attached hydrogens (tertiary/aromatic N) is 4. The molecule has 318 valence electrons. The fourth-order valence-electron chi connectivity index (χ4n) is 10.4. The number of hydrogen-bond donors (Lipinski definition) is 0. The third kappa shape index (κ3) is 6.06. The Morgan fingerprint density at radius 1 is 0.453 bits per heavy atom. The topological polar surface area (TPSA) is 27.7 Å². The van der Waals surface area contributed by atoms with E-state index in [1.165, 1.54) is 77.4 Å². The van der Waals surface area contributed by atoms with Gasteiger partial charge in [0.1, 0.15) is 0 Å². The molecule has 0 bridgehead atoms. The normalized spacial score (nSPS) is 13.5. The predicted octanol–water partition coefficient (Wildman–Crippen LogP) is 14.6. The molecule has 3 aromatic heterocycles. The molecule has 0 fully saturated rings. The number of aromatic nitrogens is 4. The van der Waals surface area contributed by atoms with Gasteiger partial charge in [0.25, 0.3) is 0 Å². The van der Waals surface area contributed by atoms with Crippen molar-refractivity contribution in [3.63, 3.8) is 0 Å². The molecule has 64 heavy (non-hydrogen) atoms. The summed E-state index contributed by atoms with van der Waals surface area (Å²) in [6, 6.07) is 61.7. The van der Waals surface area contributed by atoms with E-state index in [1.54, 1.807) is 0 Å². The third-order valence-corrected chi connectivity index (χ3v) is 14.8. The second-order valence-corrected chi connectivity index (χ2v) is 20.8. The summed E-state index contributed by atoms with van der Waals surface area (Å²) in [5, 5.41) is 2.43. The number of rotatable bonds is 5. The third-order valence-electron chi connectivity index (χ3n) is 13.8. The first-order valence-electron chi connectivity index (χ1n) is 22.4. The number of para-hydroxylation sites is 2. The van der Waals surface area contributed by atoms with Gasteiger partial charge in [0.15, 0.2) is 0 Å². The van der Waals surface area contributed by atoms with Crippen molar-refractivity contribution in [1.29, 1.82) is 0 Å². The van der Waals surface area contributed by atoms with Crippen LogP contribution < -0.4 is 0 Å². The van der Waals surface area contributed by atoms with Crippen molar-refractivity contribution < 1.29 is 19.4 Å². The minimum atomic E-state index is -0.657. The number of benzene rings is 7. The Hall–Kier alpha value is -6.35. The Morgan fingerprint density at radius 2 is 1.03 bits per heavy atom. The molecule has 0 aliphatic heterocycles. The zero-order chi connectivity index (χ0) is 44.3. The van der Waals surface area contributed by atoms with E-state index in [-0.39, 0.29) is 10.8 Å². The summed E-state index contributed by atoms with van der Waals surface area (Å²) in [4.78, 5) is 5.08. The van der Waals surface area contributed by atoms with Crippen molar-refractivity contribution in [2.45, 2.75) is 71.6 Å². The molecule has 0 saturated heterocycles. The molecule has 10 aromatic rings. The van der Waals surface area contributed by atoms with Crippen LogP contribution in [0.4, 0.5) is 0 Å². The molecule has 11 rings (SSSR count). The molecule has 0 saturated carbocycles. The average Bonchev–Trinajstić information content (AvgIpc) is 3.89. The maximum atomic E-state index is 5.08. The summed E-state index contributed by atoms with van der Waals surface area (Å²) < 4.78 is 8.42. The van der Waals surface area contributed by atoms with Gasteiger partial charge < -0.3 is 0 Å². The van der Waals surface area contributed by atoms with E-state index in [0.29, 0.717) is 0 Å². The molecule has 0 unspecified atom stereocenters. The molecule has 0 atom stereocenters. The van der Waals surface area contributed by atoms with Gasteiger partial charge in [-0.05, 0) is 17.0 Å². The van der Waals surface area contributed by atoms with Crippen molar-refractivity contribution in [3.05, 3.63) is 218 Å². The monoisotopic (exact) mass is 1010 g/mol. The van der Waals surface area contributed by atoms with E-state index in [4.69, 9.17) is 4.98 Å². The summed E-state index contributed by atoms with van der Waals surface area (Å²) in [6.07, 6.45) is 1.97. The van der Waals surface area contributed by atoms with E-state index < -0.39 is 5.41 Å². The Balaban J connectivity index is 1.27. The van der Waals surface area contributed by atoms with Crippen molar-refractivity contribution in [2.75, 3.05) is 0 Å². The van der Waals surface area contributed by atoms with Crippen LogP contribution in [-0.4, -0.2) is 18.7 Å². The van der Waals surface area contributed by atoms with Crippen LogP contribution in [0.2, 0.25) is 0 Å². The maximum absolute atomic E-state index is 5.08. The van der Waals surface area contributed by atoms with E-state index >= 15 is 0 Å². The van der Waals surface area contributed by atoms with Gasteiger partial charge in [-0.2, -0.15) is 0 Å². The Bertz CT molecular complexity index is 3520. The van der Waals surface area contributed by atoms with Crippen LogP contribution in [0.1, 0.15) is 86.1 Å². The van der Waals surface area contributed by atoms with Gasteiger partial charge in [0, 0.05) is 6.20 Å². The molecule has 1 aliphatic carbocycles. The summed E-state index contributed by atoms with van der Waals surface area (Å²) in [5.74, 6) is 0.931. The van der Waals surface area contributed by atoms with E-state index in [2.05, 4.69) is 252 Å². The average molecular weight is 1010 g/mol. The molecule has 7 aromatic carbocycles. The van der Waals surface area contributed by atoms with Gasteiger partial charge in [-0.1, -0.05) is 32.9 Å². The quantitative estimate of drug-likeness (QED) is 0.169. The molecule has 1 aliphatic rings. The van der Waals surface area contributed by atoms with Gasteiger partial charge in [-0.25, -0.2) is 0 Å². The van der Waals surface area contributed by atoms with Gasteiger partial charge in [0.05, 0.1) is 0 Å². The minimum absolute atomic E-state index is 0.0283. The van der Waals surface area contributed by atoms with Crippen LogP contribution >= 0.6 is 0 Å². The number of pyridine rings is 1. The number of imidazole rings is 1. The Labute approximate surface area is 386 Å². The fourth-order valence-corrected chi connectivity index (χ4v) is 11.5. The molecule has 3 heterocycles. The van der Waals surface area contributed by atoms with Crippen molar-refractivity contribution >= 4 is 32.8 Å². The van der Waals surface area contributed by atoms with Gasteiger partial charge in [-0.15, -0.1) is 0 Å². The molecule has 0 spiro atoms. The van der Waals surface area contributed by atoms with E-state index in [0.717, 1.165) is 32.0 Å². The second kappa shape index (κ2) is 14.6. The molecule has 0 N–H and O–H groups in total. The first kappa shape index (κ1) is 40.4. The Morgan fingerprint density at radius 3 is 1.69 bits per heavy atom. The van der Waals surface area contributed by atoms with Crippen LogP contribution in [0.3, 0.4) is 0 Å². The molecular formula is C59H52N4Pt. The summed E-state index contributed by atoms with van der Waals surface area (Å²) in [7, 11) is 0. The molecule has 5 heteroatoms. The van der Waals surface area contributed by atoms with Crippen LogP contribution in [0.15, 0.2) is 170 Å². The predicted molar refractivity (Wildman–Crippen MR) is 262 cm³/mol. The van der Waals surface area contributed by atoms with Crippen LogP contribution in [-0.2, 0) is 35.6 Å².